The Bertz CT molecular complexity index is 1300. The second-order valence-corrected chi connectivity index (χ2v) is 12.3. The summed E-state index contributed by atoms with van der Waals surface area (Å²) in [5.74, 6) is -0.281. The Labute approximate surface area is 209 Å². The molecule has 3 unspecified atom stereocenters. The maximum Gasteiger partial charge on any atom is 0.190 e. The molecule has 186 valence electrons. The molecule has 0 fully saturated rings. The van der Waals surface area contributed by atoms with Crippen LogP contribution in [0.15, 0.2) is 28.4 Å². The van der Waals surface area contributed by atoms with Crippen molar-refractivity contribution in [2.45, 2.75) is 94.4 Å². The fourth-order valence-corrected chi connectivity index (χ4v) is 7.89. The summed E-state index contributed by atoms with van der Waals surface area (Å²) in [6.45, 7) is 19.2. The van der Waals surface area contributed by atoms with Crippen LogP contribution in [0.1, 0.15) is 118 Å². The topological polar surface area (TPSA) is 68.3 Å². The summed E-state index contributed by atoms with van der Waals surface area (Å²) in [5.41, 5.74) is 4.99. The monoisotopic (exact) mass is 474 g/mol. The Kier molecular flexibility index (Phi) is 5.59. The first-order chi connectivity index (χ1) is 16.0. The van der Waals surface area contributed by atoms with Gasteiger partial charge in [0, 0.05) is 22.1 Å². The Morgan fingerprint density at radius 2 is 1.54 bits per heavy atom. The van der Waals surface area contributed by atoms with Crippen molar-refractivity contribution in [3.63, 3.8) is 0 Å². The number of ketones is 4. The van der Waals surface area contributed by atoms with Crippen molar-refractivity contribution in [3.05, 3.63) is 56.2 Å². The third-order valence-electron chi connectivity index (χ3n) is 9.58. The number of hydrogen-bond donors (Lipinski definition) is 0. The molecule has 4 heteroatoms. The minimum Gasteiger partial charge on any atom is -0.295 e. The molecule has 0 N–H and O–H groups in total. The number of rotatable bonds is 3. The van der Waals surface area contributed by atoms with Crippen molar-refractivity contribution in [2.24, 2.45) is 16.2 Å². The Morgan fingerprint density at radius 1 is 0.943 bits per heavy atom. The highest BCUT2D eigenvalue weighted by molar-refractivity contribution is 6.24. The minimum absolute atomic E-state index is 0.0450. The lowest BCUT2D eigenvalue weighted by Gasteiger charge is -2.59. The molecule has 0 aliphatic heterocycles. The van der Waals surface area contributed by atoms with Crippen LogP contribution in [0.3, 0.4) is 0 Å². The fourth-order valence-electron chi connectivity index (χ4n) is 7.89. The second kappa shape index (κ2) is 7.69. The van der Waals surface area contributed by atoms with Crippen molar-refractivity contribution in [1.82, 2.24) is 0 Å². The van der Waals surface area contributed by atoms with E-state index in [0.717, 1.165) is 27.8 Å². The Morgan fingerprint density at radius 3 is 2.06 bits per heavy atom. The molecule has 35 heavy (non-hydrogen) atoms. The van der Waals surface area contributed by atoms with Crippen LogP contribution >= 0.6 is 0 Å². The fraction of sp³-hybridized carbons (Fsp3) is 0.548. The van der Waals surface area contributed by atoms with Crippen LogP contribution < -0.4 is 0 Å². The first-order valence-corrected chi connectivity index (χ1v) is 12.7. The SMILES string of the molecule is CC(=O)C1=C(C)CC2(C)CC3(C)Cc4c(C(C)C)cc(C(C)=O)c(C)c4C(=O)C3=C(C)C2(C)C1=O. The summed E-state index contributed by atoms with van der Waals surface area (Å²) in [4.78, 5) is 53.3. The third-order valence-corrected chi connectivity index (χ3v) is 9.58. The molecular weight excluding hydrogens is 436 g/mol. The molecule has 4 rings (SSSR count). The van der Waals surface area contributed by atoms with Gasteiger partial charge in [0.15, 0.2) is 23.1 Å². The molecule has 0 saturated heterocycles. The van der Waals surface area contributed by atoms with E-state index in [1.807, 2.05) is 33.8 Å². The number of Topliss-reactive ketones (excluding diaryl/α,β-unsaturated/α-hetero) is 4. The van der Waals surface area contributed by atoms with E-state index in [9.17, 15) is 19.2 Å². The molecule has 0 spiro atoms. The lowest BCUT2D eigenvalue weighted by atomic mass is 9.42. The standard InChI is InChI=1S/C31H38O4/c1-15(2)21-11-22(19(6)32)17(4)25-23(21)13-29(8)14-30(9)12-16(3)24(20(7)33)28(35)31(30,10)18(5)26(29)27(25)34/h11,15H,12-14H2,1-10H3. The van der Waals surface area contributed by atoms with Gasteiger partial charge in [0.05, 0.1) is 11.0 Å². The van der Waals surface area contributed by atoms with E-state index in [-0.39, 0.29) is 29.1 Å². The van der Waals surface area contributed by atoms with E-state index >= 15 is 0 Å². The molecule has 0 radical (unpaired) electrons. The number of fused-ring (bicyclic) bond motifs is 3. The smallest absolute Gasteiger partial charge is 0.190 e. The molecule has 1 aromatic carbocycles. The van der Waals surface area contributed by atoms with E-state index in [4.69, 9.17) is 0 Å². The average molecular weight is 475 g/mol. The largest absolute Gasteiger partial charge is 0.295 e. The lowest BCUT2D eigenvalue weighted by molar-refractivity contribution is -0.134. The van der Waals surface area contributed by atoms with Crippen molar-refractivity contribution in [3.8, 4) is 0 Å². The van der Waals surface area contributed by atoms with Crippen LogP contribution in [0, 0.1) is 23.2 Å². The molecule has 1 aromatic rings. The van der Waals surface area contributed by atoms with Gasteiger partial charge in [0.2, 0.25) is 0 Å². The van der Waals surface area contributed by atoms with E-state index in [1.54, 1.807) is 6.92 Å². The van der Waals surface area contributed by atoms with Crippen LogP contribution in [0.4, 0.5) is 0 Å². The predicted molar refractivity (Wildman–Crippen MR) is 138 cm³/mol. The lowest BCUT2D eigenvalue weighted by Crippen LogP contribution is -2.57. The molecular formula is C31H38O4. The maximum absolute atomic E-state index is 14.4. The van der Waals surface area contributed by atoms with E-state index in [1.165, 1.54) is 6.92 Å². The van der Waals surface area contributed by atoms with Crippen molar-refractivity contribution >= 4 is 23.1 Å². The van der Waals surface area contributed by atoms with Gasteiger partial charge in [-0.1, -0.05) is 38.8 Å². The molecule has 0 amide bonds. The van der Waals surface area contributed by atoms with Gasteiger partial charge in [-0.05, 0) is 94.9 Å². The second-order valence-electron chi connectivity index (χ2n) is 12.3. The molecule has 3 aliphatic rings. The van der Waals surface area contributed by atoms with Gasteiger partial charge in [-0.15, -0.1) is 0 Å². The van der Waals surface area contributed by atoms with E-state index in [0.29, 0.717) is 41.5 Å². The highest BCUT2D eigenvalue weighted by atomic mass is 16.2. The number of carbonyl (C=O) groups is 4. The van der Waals surface area contributed by atoms with E-state index < -0.39 is 16.2 Å². The zero-order chi connectivity index (χ0) is 26.4. The summed E-state index contributed by atoms with van der Waals surface area (Å²) < 4.78 is 0. The minimum atomic E-state index is -0.928. The zero-order valence-corrected chi connectivity index (χ0v) is 22.9. The first-order valence-electron chi connectivity index (χ1n) is 12.7. The number of benzene rings is 1. The average Bonchev–Trinajstić information content (AvgIpc) is 2.69. The number of hydrogen-bond acceptors (Lipinski definition) is 4. The summed E-state index contributed by atoms with van der Waals surface area (Å²) in [6.07, 6.45) is 2.05. The highest BCUT2D eigenvalue weighted by Gasteiger charge is 2.63. The molecule has 3 atom stereocenters. The summed E-state index contributed by atoms with van der Waals surface area (Å²) in [6, 6.07) is 1.99. The van der Waals surface area contributed by atoms with Gasteiger partial charge in [0.1, 0.15) is 0 Å². The maximum atomic E-state index is 14.4. The number of carbonyl (C=O) groups excluding carboxylic acids is 4. The van der Waals surface area contributed by atoms with Gasteiger partial charge in [-0.3, -0.25) is 19.2 Å². The quantitative estimate of drug-likeness (QED) is 0.362. The van der Waals surface area contributed by atoms with Crippen LogP contribution in [-0.4, -0.2) is 23.1 Å². The normalized spacial score (nSPS) is 30.4. The van der Waals surface area contributed by atoms with Crippen LogP contribution in [0.5, 0.6) is 0 Å². The third kappa shape index (κ3) is 3.17. The van der Waals surface area contributed by atoms with Gasteiger partial charge >= 0.3 is 0 Å². The highest BCUT2D eigenvalue weighted by Crippen LogP contribution is 2.66. The molecule has 0 bridgehead atoms. The van der Waals surface area contributed by atoms with Gasteiger partial charge in [0.25, 0.3) is 0 Å². The summed E-state index contributed by atoms with van der Waals surface area (Å²) in [5, 5.41) is 0. The molecule has 3 aliphatic carbocycles. The molecule has 0 heterocycles. The van der Waals surface area contributed by atoms with Crippen LogP contribution in [0.2, 0.25) is 0 Å². The van der Waals surface area contributed by atoms with Crippen molar-refractivity contribution in [2.75, 3.05) is 0 Å². The predicted octanol–water partition coefficient (Wildman–Crippen LogP) is 6.68. The Balaban J connectivity index is 2.06. The molecule has 0 aromatic heterocycles. The zero-order valence-electron chi connectivity index (χ0n) is 22.9. The van der Waals surface area contributed by atoms with Crippen molar-refractivity contribution in [1.29, 1.82) is 0 Å². The summed E-state index contributed by atoms with van der Waals surface area (Å²) in [7, 11) is 0. The Hall–Kier alpha value is -2.62. The van der Waals surface area contributed by atoms with E-state index in [2.05, 4.69) is 27.7 Å². The number of allylic oxidation sites excluding steroid dienone is 4. The first kappa shape index (κ1) is 25.5. The van der Waals surface area contributed by atoms with Crippen molar-refractivity contribution < 1.29 is 19.2 Å². The summed E-state index contributed by atoms with van der Waals surface area (Å²) >= 11 is 0. The van der Waals surface area contributed by atoms with Gasteiger partial charge < -0.3 is 0 Å². The van der Waals surface area contributed by atoms with Crippen LogP contribution in [0.25, 0.3) is 0 Å². The van der Waals surface area contributed by atoms with Crippen LogP contribution in [-0.2, 0) is 16.0 Å². The van der Waals surface area contributed by atoms with Gasteiger partial charge in [-0.2, -0.15) is 0 Å². The molecule has 0 saturated carbocycles. The van der Waals surface area contributed by atoms with Gasteiger partial charge in [-0.25, -0.2) is 0 Å². The molecule has 4 nitrogen and oxygen atoms in total.